The summed E-state index contributed by atoms with van der Waals surface area (Å²) < 4.78 is 21.4. The first kappa shape index (κ1) is 14.5. The lowest BCUT2D eigenvalue weighted by molar-refractivity contribution is 0.293. The molecule has 2 aromatic rings. The third kappa shape index (κ3) is 3.36. The van der Waals surface area contributed by atoms with Crippen molar-refractivity contribution in [1.82, 2.24) is 9.55 Å². The molecule has 0 spiro atoms. The van der Waals surface area contributed by atoms with E-state index in [1.165, 1.54) is 6.07 Å². The number of imidazole rings is 1. The van der Waals surface area contributed by atoms with Crippen LogP contribution in [0.15, 0.2) is 30.7 Å². The van der Waals surface area contributed by atoms with Crippen LogP contribution in [0.2, 0.25) is 0 Å². The van der Waals surface area contributed by atoms with E-state index in [1.807, 2.05) is 4.57 Å². The summed E-state index contributed by atoms with van der Waals surface area (Å²) in [6.07, 6.45) is 4.57. The van der Waals surface area contributed by atoms with Gasteiger partial charge in [0.2, 0.25) is 0 Å². The molecule has 0 aliphatic heterocycles. The van der Waals surface area contributed by atoms with Gasteiger partial charge in [-0.05, 0) is 19.4 Å². The molecule has 0 radical (unpaired) electrons. The molecule has 20 heavy (non-hydrogen) atoms. The number of hydrogen-bond donors (Lipinski definition) is 1. The molecule has 0 aliphatic rings. The van der Waals surface area contributed by atoms with Crippen LogP contribution in [0.25, 0.3) is 0 Å². The summed E-state index contributed by atoms with van der Waals surface area (Å²) in [6, 6.07) is 4.45. The molecule has 0 saturated carbocycles. The van der Waals surface area contributed by atoms with Crippen molar-refractivity contribution in [3.63, 3.8) is 0 Å². The van der Waals surface area contributed by atoms with Crippen molar-refractivity contribution in [2.24, 2.45) is 5.73 Å². The van der Waals surface area contributed by atoms with Crippen LogP contribution >= 0.6 is 0 Å². The Morgan fingerprint density at radius 2 is 2.25 bits per heavy atom. The second-order valence-corrected chi connectivity index (χ2v) is 4.84. The van der Waals surface area contributed by atoms with Crippen molar-refractivity contribution < 1.29 is 9.13 Å². The van der Waals surface area contributed by atoms with Gasteiger partial charge in [-0.25, -0.2) is 9.37 Å². The van der Waals surface area contributed by atoms with Crippen molar-refractivity contribution in [3.8, 4) is 5.75 Å². The maximum absolute atomic E-state index is 13.8. The largest absolute Gasteiger partial charge is 0.487 e. The number of nitrogens with two attached hydrogens (primary N) is 1. The molecule has 5 heteroatoms. The lowest BCUT2D eigenvalue weighted by atomic mass is 10.1. The Morgan fingerprint density at radius 1 is 1.45 bits per heavy atom. The minimum atomic E-state index is -0.334. The zero-order chi connectivity index (χ0) is 14.5. The highest BCUT2D eigenvalue weighted by molar-refractivity contribution is 5.30. The molecule has 1 atom stereocenters. The lowest BCUT2D eigenvalue weighted by Crippen LogP contribution is -2.08. The molecule has 4 nitrogen and oxygen atoms in total. The van der Waals surface area contributed by atoms with Crippen molar-refractivity contribution in [3.05, 3.63) is 47.8 Å². The predicted octanol–water partition coefficient (Wildman–Crippen LogP) is 3.03. The molecule has 0 fully saturated rings. The molecule has 0 aliphatic carbocycles. The number of nitrogens with zero attached hydrogens (tertiary/aromatic N) is 2. The quantitative estimate of drug-likeness (QED) is 0.883. The Morgan fingerprint density at radius 3 is 2.90 bits per heavy atom. The summed E-state index contributed by atoms with van der Waals surface area (Å²) in [5, 5.41) is 0. The average Bonchev–Trinajstić information content (AvgIpc) is 2.84. The highest BCUT2D eigenvalue weighted by atomic mass is 19.1. The molecule has 2 N–H and O–H groups in total. The summed E-state index contributed by atoms with van der Waals surface area (Å²) in [5.74, 6) is 0.163. The first-order valence-electron chi connectivity index (χ1n) is 6.78. The standard InChI is InChI=1S/C15H20FN3O/c1-3-6-19-10-18-8-12(19)9-20-13-4-5-14(11(2)17)15(16)7-13/h4-5,7-8,10-11H,3,6,9,17H2,1-2H3. The number of benzene rings is 1. The van der Waals surface area contributed by atoms with Crippen LogP contribution in [0, 0.1) is 5.82 Å². The van der Waals surface area contributed by atoms with Crippen LogP contribution < -0.4 is 10.5 Å². The minimum absolute atomic E-state index is 0.324. The van der Waals surface area contributed by atoms with E-state index >= 15 is 0 Å². The molecule has 1 aromatic heterocycles. The van der Waals surface area contributed by atoms with Gasteiger partial charge in [-0.15, -0.1) is 0 Å². The zero-order valence-electron chi connectivity index (χ0n) is 11.8. The summed E-state index contributed by atoms with van der Waals surface area (Å²) >= 11 is 0. The van der Waals surface area contributed by atoms with E-state index in [1.54, 1.807) is 31.6 Å². The Labute approximate surface area is 118 Å². The summed E-state index contributed by atoms with van der Waals surface area (Å²) in [5.41, 5.74) is 7.15. The predicted molar refractivity (Wildman–Crippen MR) is 75.9 cm³/mol. The summed E-state index contributed by atoms with van der Waals surface area (Å²) in [4.78, 5) is 4.10. The number of hydrogen-bond acceptors (Lipinski definition) is 3. The van der Waals surface area contributed by atoms with Crippen LogP contribution in [-0.4, -0.2) is 9.55 Å². The first-order chi connectivity index (χ1) is 9.61. The SMILES string of the molecule is CCCn1cncc1COc1ccc(C(C)N)c(F)c1. The number of rotatable bonds is 6. The Bertz CT molecular complexity index is 566. The third-order valence-corrected chi connectivity index (χ3v) is 3.11. The van der Waals surface area contributed by atoms with E-state index in [0.717, 1.165) is 18.7 Å². The van der Waals surface area contributed by atoms with E-state index in [0.29, 0.717) is 17.9 Å². The molecule has 1 unspecified atom stereocenters. The van der Waals surface area contributed by atoms with Crippen molar-refractivity contribution >= 4 is 0 Å². The molecule has 2 rings (SSSR count). The Balaban J connectivity index is 2.04. The van der Waals surface area contributed by atoms with Gasteiger partial charge < -0.3 is 15.0 Å². The number of halogens is 1. The second-order valence-electron chi connectivity index (χ2n) is 4.84. The molecule has 0 saturated heterocycles. The molecule has 108 valence electrons. The van der Waals surface area contributed by atoms with Gasteiger partial charge in [0.15, 0.2) is 0 Å². The van der Waals surface area contributed by atoms with E-state index in [2.05, 4.69) is 11.9 Å². The average molecular weight is 277 g/mol. The van der Waals surface area contributed by atoms with Crippen molar-refractivity contribution in [2.45, 2.75) is 39.5 Å². The Kier molecular flexibility index (Phi) is 4.74. The van der Waals surface area contributed by atoms with Crippen LogP contribution in [0.4, 0.5) is 4.39 Å². The van der Waals surface area contributed by atoms with Gasteiger partial charge >= 0.3 is 0 Å². The first-order valence-corrected chi connectivity index (χ1v) is 6.78. The lowest BCUT2D eigenvalue weighted by Gasteiger charge is -2.11. The summed E-state index contributed by atoms with van der Waals surface area (Å²) in [7, 11) is 0. The molecule has 1 aromatic carbocycles. The van der Waals surface area contributed by atoms with Crippen molar-refractivity contribution in [2.75, 3.05) is 0 Å². The minimum Gasteiger partial charge on any atom is -0.487 e. The smallest absolute Gasteiger partial charge is 0.131 e. The molecule has 0 amide bonds. The van der Waals surface area contributed by atoms with Gasteiger partial charge in [0, 0.05) is 24.2 Å². The fraction of sp³-hybridized carbons (Fsp3) is 0.400. The molecular formula is C15H20FN3O. The monoisotopic (exact) mass is 277 g/mol. The molecule has 1 heterocycles. The normalized spacial score (nSPS) is 12.4. The van der Waals surface area contributed by atoms with Gasteiger partial charge in [0.05, 0.1) is 18.2 Å². The van der Waals surface area contributed by atoms with Gasteiger partial charge in [0.1, 0.15) is 18.2 Å². The molecule has 0 bridgehead atoms. The van der Waals surface area contributed by atoms with Crippen LogP contribution in [-0.2, 0) is 13.2 Å². The van der Waals surface area contributed by atoms with Gasteiger partial charge in [-0.3, -0.25) is 0 Å². The maximum atomic E-state index is 13.8. The fourth-order valence-corrected chi connectivity index (χ4v) is 2.03. The topological polar surface area (TPSA) is 53.1 Å². The molecular weight excluding hydrogens is 257 g/mol. The fourth-order valence-electron chi connectivity index (χ4n) is 2.03. The van der Waals surface area contributed by atoms with E-state index < -0.39 is 0 Å². The zero-order valence-corrected chi connectivity index (χ0v) is 11.8. The Hall–Kier alpha value is -1.88. The number of aromatic nitrogens is 2. The van der Waals surface area contributed by atoms with Crippen molar-refractivity contribution in [1.29, 1.82) is 0 Å². The highest BCUT2D eigenvalue weighted by Gasteiger charge is 2.09. The van der Waals surface area contributed by atoms with Crippen LogP contribution in [0.1, 0.15) is 37.6 Å². The van der Waals surface area contributed by atoms with Crippen LogP contribution in [0.5, 0.6) is 5.75 Å². The second kappa shape index (κ2) is 6.52. The van der Waals surface area contributed by atoms with Crippen LogP contribution in [0.3, 0.4) is 0 Å². The third-order valence-electron chi connectivity index (χ3n) is 3.11. The van der Waals surface area contributed by atoms with Gasteiger partial charge in [0.25, 0.3) is 0 Å². The van der Waals surface area contributed by atoms with Gasteiger partial charge in [-0.2, -0.15) is 0 Å². The van der Waals surface area contributed by atoms with E-state index in [4.69, 9.17) is 10.5 Å². The summed E-state index contributed by atoms with van der Waals surface area (Å²) in [6.45, 7) is 5.13. The number of ether oxygens (including phenoxy) is 1. The van der Waals surface area contributed by atoms with E-state index in [-0.39, 0.29) is 11.9 Å². The van der Waals surface area contributed by atoms with E-state index in [9.17, 15) is 4.39 Å². The highest BCUT2D eigenvalue weighted by Crippen LogP contribution is 2.21. The maximum Gasteiger partial charge on any atom is 0.131 e. The van der Waals surface area contributed by atoms with Gasteiger partial charge in [-0.1, -0.05) is 13.0 Å². The number of aryl methyl sites for hydroxylation is 1.